The van der Waals surface area contributed by atoms with Crippen molar-refractivity contribution in [1.29, 1.82) is 0 Å². The fraction of sp³-hybridized carbons (Fsp3) is 0.257. The number of amides is 2. The first-order chi connectivity index (χ1) is 22.0. The van der Waals surface area contributed by atoms with Crippen LogP contribution in [0.3, 0.4) is 0 Å². The van der Waals surface area contributed by atoms with Crippen LogP contribution < -0.4 is 19.1 Å². The fourth-order valence-corrected chi connectivity index (χ4v) is 6.33. The highest BCUT2D eigenvalue weighted by Gasteiger charge is 2.35. The van der Waals surface area contributed by atoms with Gasteiger partial charge in [0.15, 0.2) is 0 Å². The molecule has 1 atom stereocenters. The van der Waals surface area contributed by atoms with Crippen molar-refractivity contribution in [2.45, 2.75) is 43.8 Å². The molecule has 0 aliphatic heterocycles. The van der Waals surface area contributed by atoms with E-state index in [2.05, 4.69) is 5.32 Å². The summed E-state index contributed by atoms with van der Waals surface area (Å²) >= 11 is 0. The molecule has 0 aliphatic carbocycles. The number of hydrogen-bond acceptors (Lipinski definition) is 6. The molecule has 0 aromatic heterocycles. The number of halogens is 1. The van der Waals surface area contributed by atoms with Crippen LogP contribution in [0.1, 0.15) is 25.0 Å². The lowest BCUT2D eigenvalue weighted by molar-refractivity contribution is -0.140. The maximum atomic E-state index is 14.5. The number of hydrogen-bond donors (Lipinski definition) is 1. The van der Waals surface area contributed by atoms with Crippen molar-refractivity contribution in [2.75, 3.05) is 25.1 Å². The second-order valence-electron chi connectivity index (χ2n) is 10.9. The largest absolute Gasteiger partial charge is 0.497 e. The van der Waals surface area contributed by atoms with Gasteiger partial charge in [-0.05, 0) is 85.6 Å². The number of nitrogens with zero attached hydrogens (tertiary/aromatic N) is 2. The Morgan fingerprint density at radius 1 is 0.804 bits per heavy atom. The summed E-state index contributed by atoms with van der Waals surface area (Å²) in [6, 6.07) is 25.7. The van der Waals surface area contributed by atoms with Gasteiger partial charge in [0, 0.05) is 19.0 Å². The van der Waals surface area contributed by atoms with Crippen molar-refractivity contribution in [3.63, 3.8) is 0 Å². The third-order valence-electron chi connectivity index (χ3n) is 7.23. The number of sulfonamides is 1. The summed E-state index contributed by atoms with van der Waals surface area (Å²) in [4.78, 5) is 29.5. The summed E-state index contributed by atoms with van der Waals surface area (Å²) in [6.07, 6.45) is 0.177. The van der Waals surface area contributed by atoms with Gasteiger partial charge in [0.05, 0.1) is 24.8 Å². The van der Waals surface area contributed by atoms with Gasteiger partial charge < -0.3 is 19.7 Å². The molecule has 0 saturated heterocycles. The van der Waals surface area contributed by atoms with E-state index in [0.717, 1.165) is 22.0 Å². The van der Waals surface area contributed by atoms with Gasteiger partial charge in [-0.15, -0.1) is 0 Å². The molecule has 4 rings (SSSR count). The average Bonchev–Trinajstić information content (AvgIpc) is 3.05. The van der Waals surface area contributed by atoms with Gasteiger partial charge >= 0.3 is 0 Å². The molecule has 4 aromatic rings. The van der Waals surface area contributed by atoms with E-state index in [0.29, 0.717) is 17.1 Å². The third kappa shape index (κ3) is 8.63. The van der Waals surface area contributed by atoms with Crippen molar-refractivity contribution < 1.29 is 31.9 Å². The van der Waals surface area contributed by atoms with Crippen LogP contribution in [0.2, 0.25) is 0 Å². The normalized spacial score (nSPS) is 11.9. The Labute approximate surface area is 269 Å². The molecule has 11 heteroatoms. The van der Waals surface area contributed by atoms with E-state index in [4.69, 9.17) is 9.47 Å². The average molecular weight is 648 g/mol. The van der Waals surface area contributed by atoms with E-state index in [1.807, 2.05) is 44.2 Å². The Kier molecular flexibility index (Phi) is 11.4. The van der Waals surface area contributed by atoms with Crippen molar-refractivity contribution in [3.8, 4) is 11.5 Å². The summed E-state index contributed by atoms with van der Waals surface area (Å²) < 4.78 is 53.6. The lowest BCUT2D eigenvalue weighted by Crippen LogP contribution is -2.54. The highest BCUT2D eigenvalue weighted by Crippen LogP contribution is 2.27. The zero-order chi connectivity index (χ0) is 33.3. The number of benzene rings is 4. The number of carbonyl (C=O) groups excluding carboxylic acids is 2. The molecular formula is C35H38FN3O6S. The summed E-state index contributed by atoms with van der Waals surface area (Å²) in [6.45, 7) is 2.97. The SMILES string of the molecule is COc1ccc(S(=O)(=O)N(CC(=O)N(Cc2cccc(OC)c2)[C@H](Cc2ccccc2)C(=O)NC(C)C)c2ccc(F)cc2)cc1. The highest BCUT2D eigenvalue weighted by molar-refractivity contribution is 7.92. The number of ether oxygens (including phenoxy) is 2. The molecule has 0 radical (unpaired) electrons. The van der Waals surface area contributed by atoms with Crippen LogP contribution in [0, 0.1) is 5.82 Å². The minimum atomic E-state index is -4.34. The molecule has 0 fully saturated rings. The molecular weight excluding hydrogens is 609 g/mol. The van der Waals surface area contributed by atoms with Crippen LogP contribution in [0.15, 0.2) is 108 Å². The molecule has 1 N–H and O–H groups in total. The maximum Gasteiger partial charge on any atom is 0.264 e. The lowest BCUT2D eigenvalue weighted by Gasteiger charge is -2.34. The quantitative estimate of drug-likeness (QED) is 0.202. The van der Waals surface area contributed by atoms with E-state index in [9.17, 15) is 22.4 Å². The van der Waals surface area contributed by atoms with Crippen LogP contribution in [0.5, 0.6) is 11.5 Å². The topological polar surface area (TPSA) is 105 Å². The van der Waals surface area contributed by atoms with E-state index in [-0.39, 0.29) is 35.5 Å². The van der Waals surface area contributed by atoms with Crippen LogP contribution >= 0.6 is 0 Å². The highest BCUT2D eigenvalue weighted by atomic mass is 32.2. The number of nitrogens with one attached hydrogen (secondary N) is 1. The zero-order valence-electron chi connectivity index (χ0n) is 26.2. The summed E-state index contributed by atoms with van der Waals surface area (Å²) in [7, 11) is -1.35. The monoisotopic (exact) mass is 647 g/mol. The molecule has 0 spiro atoms. The molecule has 242 valence electrons. The Morgan fingerprint density at radius 2 is 1.43 bits per heavy atom. The van der Waals surface area contributed by atoms with Crippen LogP contribution in [0.25, 0.3) is 0 Å². The first kappa shape index (κ1) is 34.0. The Morgan fingerprint density at radius 3 is 2.04 bits per heavy atom. The number of carbonyl (C=O) groups is 2. The predicted octanol–water partition coefficient (Wildman–Crippen LogP) is 5.20. The van der Waals surface area contributed by atoms with Gasteiger partial charge in [-0.25, -0.2) is 12.8 Å². The molecule has 0 saturated carbocycles. The molecule has 0 heterocycles. The first-order valence-electron chi connectivity index (χ1n) is 14.7. The second-order valence-corrected chi connectivity index (χ2v) is 12.8. The van der Waals surface area contributed by atoms with Crippen molar-refractivity contribution in [3.05, 3.63) is 120 Å². The molecule has 46 heavy (non-hydrogen) atoms. The molecule has 0 bridgehead atoms. The van der Waals surface area contributed by atoms with Gasteiger partial charge in [0.2, 0.25) is 11.8 Å². The van der Waals surface area contributed by atoms with Gasteiger partial charge in [0.1, 0.15) is 29.9 Å². The number of anilines is 1. The van der Waals surface area contributed by atoms with E-state index >= 15 is 0 Å². The standard InChI is InChI=1S/C35H38FN3O6S/c1-25(2)37-35(41)33(22-26-9-6-5-7-10-26)38(23-27-11-8-12-31(21-27)45-4)34(40)24-39(29-15-13-28(36)14-16-29)46(42,43)32-19-17-30(44-3)18-20-32/h5-21,25,33H,22-24H2,1-4H3,(H,37,41)/t33-/m1/s1. The van der Waals surface area contributed by atoms with Crippen LogP contribution in [0.4, 0.5) is 10.1 Å². The van der Waals surface area contributed by atoms with Gasteiger partial charge in [-0.1, -0.05) is 42.5 Å². The molecule has 0 unspecified atom stereocenters. The zero-order valence-corrected chi connectivity index (χ0v) is 27.0. The number of methoxy groups -OCH3 is 2. The third-order valence-corrected chi connectivity index (χ3v) is 9.02. The van der Waals surface area contributed by atoms with E-state index in [1.54, 1.807) is 24.3 Å². The Balaban J connectivity index is 1.81. The van der Waals surface area contributed by atoms with Gasteiger partial charge in [0.25, 0.3) is 10.0 Å². The van der Waals surface area contributed by atoms with Crippen LogP contribution in [-0.2, 0) is 32.6 Å². The minimum Gasteiger partial charge on any atom is -0.497 e. The molecule has 0 aliphatic rings. The smallest absolute Gasteiger partial charge is 0.264 e. The summed E-state index contributed by atoms with van der Waals surface area (Å²) in [5.74, 6) is -0.575. The van der Waals surface area contributed by atoms with Crippen LogP contribution in [-0.4, -0.2) is 58.0 Å². The molecule has 9 nitrogen and oxygen atoms in total. The van der Waals surface area contributed by atoms with Crippen molar-refractivity contribution in [2.24, 2.45) is 0 Å². The maximum absolute atomic E-state index is 14.5. The Bertz CT molecular complexity index is 1720. The Hall–Kier alpha value is -4.90. The molecule has 2 amide bonds. The van der Waals surface area contributed by atoms with Crippen molar-refractivity contribution in [1.82, 2.24) is 10.2 Å². The fourth-order valence-electron chi connectivity index (χ4n) is 4.91. The van der Waals surface area contributed by atoms with E-state index < -0.39 is 34.3 Å². The molecule has 4 aromatic carbocycles. The number of rotatable bonds is 14. The van der Waals surface area contributed by atoms with Gasteiger partial charge in [-0.2, -0.15) is 0 Å². The minimum absolute atomic E-state index is 0.0150. The predicted molar refractivity (Wildman–Crippen MR) is 175 cm³/mol. The first-order valence-corrected chi connectivity index (χ1v) is 16.1. The second kappa shape index (κ2) is 15.4. The van der Waals surface area contributed by atoms with E-state index in [1.165, 1.54) is 55.5 Å². The van der Waals surface area contributed by atoms with Gasteiger partial charge in [-0.3, -0.25) is 13.9 Å². The summed E-state index contributed by atoms with van der Waals surface area (Å²) in [5, 5.41) is 2.92. The summed E-state index contributed by atoms with van der Waals surface area (Å²) in [5.41, 5.74) is 1.57. The lowest BCUT2D eigenvalue weighted by atomic mass is 10.0. The van der Waals surface area contributed by atoms with Crippen molar-refractivity contribution >= 4 is 27.5 Å².